The Morgan fingerprint density at radius 3 is 2.63 bits per heavy atom. The van der Waals surface area contributed by atoms with E-state index in [9.17, 15) is 20.1 Å². The van der Waals surface area contributed by atoms with Gasteiger partial charge in [-0.25, -0.2) is 0 Å². The number of amides is 1. The Morgan fingerprint density at radius 2 is 1.95 bits per heavy atom. The first-order valence-electron chi connectivity index (χ1n) is 13.5. The molecule has 2 aromatic rings. The van der Waals surface area contributed by atoms with E-state index >= 15 is 0 Å². The lowest BCUT2D eigenvalue weighted by atomic mass is 9.53. The molecule has 2 fully saturated rings. The minimum atomic E-state index is -1.24. The topological polar surface area (TPSA) is 102 Å². The highest BCUT2D eigenvalue weighted by molar-refractivity contribution is 7.98. The summed E-state index contributed by atoms with van der Waals surface area (Å²) in [5.41, 5.74) is 0.711. The van der Waals surface area contributed by atoms with Crippen molar-refractivity contribution in [3.8, 4) is 11.5 Å². The number of aromatic hydroxyl groups is 1. The van der Waals surface area contributed by atoms with Gasteiger partial charge in [-0.1, -0.05) is 18.2 Å². The van der Waals surface area contributed by atoms with Gasteiger partial charge in [0.1, 0.15) is 5.76 Å². The first-order valence-corrected chi connectivity index (χ1v) is 14.7. The number of hydrogen-bond acceptors (Lipinski definition) is 7. The van der Waals surface area contributed by atoms with Gasteiger partial charge in [-0.15, -0.1) is 11.8 Å². The number of carbonyl (C=O) groups is 1. The number of fused-ring (bicyclic) bond motifs is 1. The summed E-state index contributed by atoms with van der Waals surface area (Å²) in [5.74, 6) is 0.399. The van der Waals surface area contributed by atoms with Gasteiger partial charge < -0.3 is 25.4 Å². The van der Waals surface area contributed by atoms with Gasteiger partial charge in [0.2, 0.25) is 0 Å². The Morgan fingerprint density at radius 1 is 1.21 bits per heavy atom. The molecule has 2 aliphatic carbocycles. The summed E-state index contributed by atoms with van der Waals surface area (Å²) < 4.78 is 6.31. The summed E-state index contributed by atoms with van der Waals surface area (Å²) in [4.78, 5) is 16.7. The number of ether oxygens (including phenoxy) is 1. The van der Waals surface area contributed by atoms with Crippen molar-refractivity contribution in [2.24, 2.45) is 5.92 Å². The molecule has 8 heteroatoms. The van der Waals surface area contributed by atoms with E-state index in [1.54, 1.807) is 24.8 Å². The Bertz CT molecular complexity index is 1300. The lowest BCUT2D eigenvalue weighted by Crippen LogP contribution is -2.73. The molecule has 6 rings (SSSR count). The van der Waals surface area contributed by atoms with Crippen molar-refractivity contribution < 1.29 is 24.9 Å². The monoisotopic (exact) mass is 536 g/mol. The summed E-state index contributed by atoms with van der Waals surface area (Å²) in [6, 6.07) is 11.4. The van der Waals surface area contributed by atoms with Gasteiger partial charge >= 0.3 is 0 Å². The molecule has 2 aromatic carbocycles. The number of thioether (sulfide) groups is 1. The van der Waals surface area contributed by atoms with Crippen molar-refractivity contribution in [1.82, 2.24) is 10.2 Å². The Labute approximate surface area is 227 Å². The van der Waals surface area contributed by atoms with Gasteiger partial charge in [0, 0.05) is 29.6 Å². The summed E-state index contributed by atoms with van der Waals surface area (Å²) in [6.45, 7) is 5.48. The van der Waals surface area contributed by atoms with E-state index in [1.165, 1.54) is 12.8 Å². The first kappa shape index (κ1) is 25.6. The van der Waals surface area contributed by atoms with Crippen LogP contribution < -0.4 is 10.1 Å². The molecule has 4 aliphatic rings. The summed E-state index contributed by atoms with van der Waals surface area (Å²) >= 11 is 1.66. The zero-order chi connectivity index (χ0) is 26.8. The number of hydrogen-bond donors (Lipinski definition) is 4. The molecule has 7 nitrogen and oxygen atoms in total. The molecule has 0 radical (unpaired) electrons. The number of phenolic OH excluding ortho intramolecular Hbond substituents is 1. The fourth-order valence-corrected chi connectivity index (χ4v) is 7.35. The van der Waals surface area contributed by atoms with E-state index in [2.05, 4.69) is 10.2 Å². The summed E-state index contributed by atoms with van der Waals surface area (Å²) in [6.07, 6.45) is 4.71. The highest BCUT2D eigenvalue weighted by atomic mass is 32.2. The maximum absolute atomic E-state index is 13.2. The molecule has 0 aromatic heterocycles. The first-order chi connectivity index (χ1) is 18.2. The number of likely N-dealkylation sites (tertiary alicyclic amines) is 1. The lowest BCUT2D eigenvalue weighted by Gasteiger charge is -2.59. The summed E-state index contributed by atoms with van der Waals surface area (Å²) in [5, 5.41) is 37.5. The standard InChI is InChI=1S/C30H36N2O5S/c1-17(28(35)31-15-18-6-9-21(38-3)10-7-18)25(34)27-30-12-13-32(16-19-4-5-19)23(29(30,2)36)14-20-8-11-22(33)26(37-27)24(20)30/h6-11,19,23,27,33-34,36H,4-5,12-16H2,1-3H3,(H,31,35)/b25-17-/t23-,27+,29-,30+/m1/s1. The van der Waals surface area contributed by atoms with Crippen LogP contribution >= 0.6 is 11.8 Å². The number of carbonyl (C=O) groups excluding carboxylic acids is 1. The molecule has 0 unspecified atom stereocenters. The highest BCUT2D eigenvalue weighted by Crippen LogP contribution is 2.63. The summed E-state index contributed by atoms with van der Waals surface area (Å²) in [7, 11) is 0. The van der Waals surface area contributed by atoms with E-state index in [0.717, 1.165) is 34.7 Å². The zero-order valence-corrected chi connectivity index (χ0v) is 23.0. The van der Waals surface area contributed by atoms with Crippen LogP contribution in [0.3, 0.4) is 0 Å². The fourth-order valence-electron chi connectivity index (χ4n) is 6.94. The predicted molar refractivity (Wildman–Crippen MR) is 147 cm³/mol. The average Bonchev–Trinajstić information content (AvgIpc) is 3.65. The van der Waals surface area contributed by atoms with Crippen molar-refractivity contribution >= 4 is 17.7 Å². The fraction of sp³-hybridized carbons (Fsp3) is 0.500. The van der Waals surface area contributed by atoms with Crippen molar-refractivity contribution in [1.29, 1.82) is 0 Å². The van der Waals surface area contributed by atoms with Crippen LogP contribution in [0.5, 0.6) is 11.5 Å². The highest BCUT2D eigenvalue weighted by Gasteiger charge is 2.69. The van der Waals surface area contributed by atoms with Gasteiger partial charge in [-0.2, -0.15) is 0 Å². The van der Waals surface area contributed by atoms with Crippen molar-refractivity contribution in [2.45, 2.75) is 74.1 Å². The third kappa shape index (κ3) is 3.83. The normalized spacial score (nSPS) is 30.3. The van der Waals surface area contributed by atoms with Crippen LogP contribution in [0.15, 0.2) is 52.6 Å². The maximum Gasteiger partial charge on any atom is 0.250 e. The molecular formula is C30H36N2O5S. The molecule has 202 valence electrons. The van der Waals surface area contributed by atoms with Gasteiger partial charge in [0.05, 0.1) is 16.6 Å². The molecule has 2 heterocycles. The van der Waals surface area contributed by atoms with Crippen molar-refractivity contribution in [2.75, 3.05) is 19.3 Å². The maximum atomic E-state index is 13.2. The average molecular weight is 537 g/mol. The Kier molecular flexibility index (Phi) is 6.20. The third-order valence-electron chi connectivity index (χ3n) is 9.33. The molecule has 2 aliphatic heterocycles. The van der Waals surface area contributed by atoms with Crippen LogP contribution in [0.2, 0.25) is 0 Å². The number of benzene rings is 2. The van der Waals surface area contributed by atoms with E-state index in [0.29, 0.717) is 31.1 Å². The number of aliphatic hydroxyl groups is 2. The van der Waals surface area contributed by atoms with Crippen molar-refractivity contribution in [3.05, 3.63) is 64.4 Å². The van der Waals surface area contributed by atoms with Crippen LogP contribution in [0.25, 0.3) is 0 Å². The molecular weight excluding hydrogens is 500 g/mol. The smallest absolute Gasteiger partial charge is 0.250 e. The van der Waals surface area contributed by atoms with Crippen LogP contribution in [0.4, 0.5) is 0 Å². The van der Waals surface area contributed by atoms with E-state index in [4.69, 9.17) is 4.74 Å². The zero-order valence-electron chi connectivity index (χ0n) is 22.2. The van der Waals surface area contributed by atoms with Crippen LogP contribution in [-0.4, -0.2) is 63.2 Å². The largest absolute Gasteiger partial charge is 0.508 e. The van der Waals surface area contributed by atoms with Gasteiger partial charge in [-0.05, 0) is 87.6 Å². The second-order valence-electron chi connectivity index (χ2n) is 11.5. The number of rotatable bonds is 7. The lowest BCUT2D eigenvalue weighted by molar-refractivity contribution is -0.153. The molecule has 4 atom stereocenters. The van der Waals surface area contributed by atoms with E-state index in [-0.39, 0.29) is 23.1 Å². The van der Waals surface area contributed by atoms with E-state index in [1.807, 2.05) is 43.5 Å². The molecule has 1 amide bonds. The molecule has 1 saturated heterocycles. The van der Waals surface area contributed by atoms with Crippen molar-refractivity contribution in [3.63, 3.8) is 0 Å². The Hall–Kier alpha value is -2.68. The van der Waals surface area contributed by atoms with Crippen LogP contribution in [0.1, 0.15) is 49.8 Å². The minimum Gasteiger partial charge on any atom is -0.508 e. The van der Waals surface area contributed by atoms with E-state index < -0.39 is 23.0 Å². The van der Waals surface area contributed by atoms with Crippen LogP contribution in [-0.2, 0) is 23.2 Å². The number of aliphatic hydroxyl groups excluding tert-OH is 1. The molecule has 1 spiro atoms. The minimum absolute atomic E-state index is 0.0103. The predicted octanol–water partition coefficient (Wildman–Crippen LogP) is 4.05. The third-order valence-corrected chi connectivity index (χ3v) is 10.1. The second-order valence-corrected chi connectivity index (χ2v) is 12.4. The second kappa shape index (κ2) is 9.21. The number of phenols is 1. The van der Waals surface area contributed by atoms with Crippen LogP contribution in [0, 0.1) is 5.92 Å². The SMILES string of the molecule is CSc1ccc(CNC(=O)/C(C)=C(\O)[C@@H]2Oc3c(O)ccc4c3[C@@]23CCN(CC2CC2)[C@H](C4)[C@@]3(C)O)cc1. The number of nitrogens with zero attached hydrogens (tertiary/aromatic N) is 1. The van der Waals surface area contributed by atoms with Gasteiger partial charge in [0.25, 0.3) is 5.91 Å². The van der Waals surface area contributed by atoms with Gasteiger partial charge in [-0.3, -0.25) is 9.69 Å². The van der Waals surface area contributed by atoms with Gasteiger partial charge in [0.15, 0.2) is 17.6 Å². The molecule has 38 heavy (non-hydrogen) atoms. The molecule has 1 saturated carbocycles. The number of piperidine rings is 1. The molecule has 2 bridgehead atoms. The molecule has 4 N–H and O–H groups in total. The quantitative estimate of drug-likeness (QED) is 0.241. The Balaban J connectivity index is 1.33. The number of nitrogens with one attached hydrogen (secondary N) is 1.